The highest BCUT2D eigenvalue weighted by atomic mass is 32.1. The Labute approximate surface area is 94.3 Å². The van der Waals surface area contributed by atoms with Gasteiger partial charge in [-0.1, -0.05) is 24.3 Å². The minimum atomic E-state index is -0.0611. The van der Waals surface area contributed by atoms with E-state index >= 15 is 0 Å². The summed E-state index contributed by atoms with van der Waals surface area (Å²) in [6, 6.07) is 4.08. The molecule has 1 amide bonds. The van der Waals surface area contributed by atoms with Crippen molar-refractivity contribution in [1.82, 2.24) is 5.32 Å². The Kier molecular flexibility index (Phi) is 4.84. The average Bonchev–Trinajstić information content (AvgIpc) is 2.70. The summed E-state index contributed by atoms with van der Waals surface area (Å²) in [5.74, 6) is -0.0611. The number of thiophene rings is 1. The van der Waals surface area contributed by atoms with Gasteiger partial charge in [0.2, 0.25) is 5.91 Å². The van der Waals surface area contributed by atoms with Gasteiger partial charge in [-0.15, -0.1) is 11.3 Å². The summed E-state index contributed by atoms with van der Waals surface area (Å²) >= 11 is 1.65. The normalized spacial score (nSPS) is 13.5. The van der Waals surface area contributed by atoms with Crippen LogP contribution in [0.1, 0.15) is 24.8 Å². The monoisotopic (exact) mass is 221 g/mol. The molecule has 0 spiro atoms. The number of carbonyl (C=O) groups is 1. The topological polar surface area (TPSA) is 29.1 Å². The first kappa shape index (κ1) is 11.7. The van der Waals surface area contributed by atoms with Crippen LogP contribution in [0.5, 0.6) is 0 Å². The Balaban J connectivity index is 2.45. The third-order valence-corrected chi connectivity index (χ3v) is 2.93. The SMILES string of the molecule is C/C=C/C=C/C(=O)NC(C)c1cccs1. The van der Waals surface area contributed by atoms with Gasteiger partial charge < -0.3 is 5.32 Å². The standard InChI is InChI=1S/C12H15NOS/c1-3-4-5-8-12(14)13-10(2)11-7-6-9-15-11/h3-10H,1-2H3,(H,13,14)/b4-3+,8-5+. The molecule has 1 aromatic rings. The van der Waals surface area contributed by atoms with Gasteiger partial charge in [-0.05, 0) is 25.3 Å². The number of hydrogen-bond acceptors (Lipinski definition) is 2. The average molecular weight is 221 g/mol. The second kappa shape index (κ2) is 6.19. The lowest BCUT2D eigenvalue weighted by atomic mass is 10.2. The van der Waals surface area contributed by atoms with Crippen molar-refractivity contribution < 1.29 is 4.79 Å². The van der Waals surface area contributed by atoms with E-state index in [1.54, 1.807) is 17.4 Å². The molecule has 0 aliphatic carbocycles. The first-order valence-electron chi connectivity index (χ1n) is 4.87. The number of allylic oxidation sites excluding steroid dienone is 3. The molecule has 0 aromatic carbocycles. The molecule has 0 aliphatic rings. The summed E-state index contributed by atoms with van der Waals surface area (Å²) in [4.78, 5) is 12.6. The third-order valence-electron chi connectivity index (χ3n) is 1.88. The fourth-order valence-electron chi connectivity index (χ4n) is 1.12. The largest absolute Gasteiger partial charge is 0.345 e. The summed E-state index contributed by atoms with van der Waals surface area (Å²) in [5, 5.41) is 4.90. The first-order chi connectivity index (χ1) is 7.24. The zero-order valence-corrected chi connectivity index (χ0v) is 9.75. The molecule has 0 radical (unpaired) electrons. The quantitative estimate of drug-likeness (QED) is 0.614. The van der Waals surface area contributed by atoms with E-state index in [0.29, 0.717) is 0 Å². The van der Waals surface area contributed by atoms with E-state index in [9.17, 15) is 4.79 Å². The van der Waals surface area contributed by atoms with Crippen LogP contribution < -0.4 is 5.32 Å². The first-order valence-corrected chi connectivity index (χ1v) is 5.75. The summed E-state index contributed by atoms with van der Waals surface area (Å²) in [7, 11) is 0. The minimum absolute atomic E-state index is 0.0611. The maximum Gasteiger partial charge on any atom is 0.244 e. The Bertz CT molecular complexity index is 352. The lowest BCUT2D eigenvalue weighted by Crippen LogP contribution is -2.23. The highest BCUT2D eigenvalue weighted by Crippen LogP contribution is 2.17. The lowest BCUT2D eigenvalue weighted by Gasteiger charge is -2.09. The molecule has 0 saturated heterocycles. The van der Waals surface area contributed by atoms with Crippen LogP contribution in [0.15, 0.2) is 41.8 Å². The molecule has 1 unspecified atom stereocenters. The van der Waals surface area contributed by atoms with Crippen LogP contribution in [-0.2, 0) is 4.79 Å². The molecule has 0 saturated carbocycles. The summed E-state index contributed by atoms with van der Waals surface area (Å²) < 4.78 is 0. The molecular formula is C12H15NOS. The summed E-state index contributed by atoms with van der Waals surface area (Å²) in [5.41, 5.74) is 0. The number of nitrogens with one attached hydrogen (secondary N) is 1. The van der Waals surface area contributed by atoms with E-state index in [1.807, 2.05) is 43.5 Å². The van der Waals surface area contributed by atoms with Gasteiger partial charge in [0, 0.05) is 11.0 Å². The number of rotatable bonds is 4. The Morgan fingerprint density at radius 1 is 1.53 bits per heavy atom. The van der Waals surface area contributed by atoms with Gasteiger partial charge in [0.1, 0.15) is 0 Å². The molecule has 1 rings (SSSR count). The molecule has 15 heavy (non-hydrogen) atoms. The molecule has 1 aromatic heterocycles. The van der Waals surface area contributed by atoms with Gasteiger partial charge in [-0.3, -0.25) is 4.79 Å². The van der Waals surface area contributed by atoms with Crippen molar-refractivity contribution in [1.29, 1.82) is 0 Å². The van der Waals surface area contributed by atoms with Crippen LogP contribution in [-0.4, -0.2) is 5.91 Å². The highest BCUT2D eigenvalue weighted by molar-refractivity contribution is 7.10. The van der Waals surface area contributed by atoms with Crippen LogP contribution in [0, 0.1) is 0 Å². The predicted molar refractivity (Wildman–Crippen MR) is 64.8 cm³/mol. The summed E-state index contributed by atoms with van der Waals surface area (Å²) in [6.07, 6.45) is 6.97. The lowest BCUT2D eigenvalue weighted by molar-refractivity contribution is -0.117. The van der Waals surface area contributed by atoms with Gasteiger partial charge in [-0.25, -0.2) is 0 Å². The molecule has 2 nitrogen and oxygen atoms in total. The zero-order chi connectivity index (χ0) is 11.1. The van der Waals surface area contributed by atoms with Gasteiger partial charge >= 0.3 is 0 Å². The van der Waals surface area contributed by atoms with Gasteiger partial charge in [0.25, 0.3) is 0 Å². The van der Waals surface area contributed by atoms with Gasteiger partial charge in [0.05, 0.1) is 6.04 Å². The van der Waals surface area contributed by atoms with Crippen LogP contribution in [0.3, 0.4) is 0 Å². The smallest absolute Gasteiger partial charge is 0.244 e. The Morgan fingerprint density at radius 3 is 2.93 bits per heavy atom. The molecule has 0 bridgehead atoms. The molecule has 0 fully saturated rings. The molecule has 1 atom stereocenters. The molecule has 80 valence electrons. The molecule has 0 aliphatic heterocycles. The van der Waals surface area contributed by atoms with Crippen molar-refractivity contribution in [3.8, 4) is 0 Å². The maximum atomic E-state index is 11.4. The minimum Gasteiger partial charge on any atom is -0.345 e. The number of amides is 1. The van der Waals surface area contributed by atoms with E-state index in [2.05, 4.69) is 5.32 Å². The van der Waals surface area contributed by atoms with E-state index in [-0.39, 0.29) is 11.9 Å². The van der Waals surface area contributed by atoms with Crippen molar-refractivity contribution >= 4 is 17.2 Å². The van der Waals surface area contributed by atoms with Crippen molar-refractivity contribution in [2.24, 2.45) is 0 Å². The van der Waals surface area contributed by atoms with Crippen molar-refractivity contribution in [3.63, 3.8) is 0 Å². The van der Waals surface area contributed by atoms with Crippen LogP contribution in [0.4, 0.5) is 0 Å². The van der Waals surface area contributed by atoms with Gasteiger partial charge in [-0.2, -0.15) is 0 Å². The second-order valence-electron chi connectivity index (χ2n) is 3.13. The fraction of sp³-hybridized carbons (Fsp3) is 0.250. The van der Waals surface area contributed by atoms with Crippen LogP contribution in [0.25, 0.3) is 0 Å². The predicted octanol–water partition coefficient (Wildman–Crippen LogP) is 3.06. The van der Waals surface area contributed by atoms with Crippen molar-refractivity contribution in [2.45, 2.75) is 19.9 Å². The Morgan fingerprint density at radius 2 is 2.33 bits per heavy atom. The molecular weight excluding hydrogens is 206 g/mol. The Hall–Kier alpha value is -1.35. The van der Waals surface area contributed by atoms with E-state index < -0.39 is 0 Å². The van der Waals surface area contributed by atoms with Crippen LogP contribution >= 0.6 is 11.3 Å². The van der Waals surface area contributed by atoms with Crippen molar-refractivity contribution in [2.75, 3.05) is 0 Å². The van der Waals surface area contributed by atoms with Gasteiger partial charge in [0.15, 0.2) is 0 Å². The van der Waals surface area contributed by atoms with E-state index in [1.165, 1.54) is 11.0 Å². The highest BCUT2D eigenvalue weighted by Gasteiger charge is 2.07. The molecule has 1 N–H and O–H groups in total. The van der Waals surface area contributed by atoms with E-state index in [0.717, 1.165) is 0 Å². The second-order valence-corrected chi connectivity index (χ2v) is 4.11. The van der Waals surface area contributed by atoms with E-state index in [4.69, 9.17) is 0 Å². The maximum absolute atomic E-state index is 11.4. The third kappa shape index (κ3) is 4.13. The summed E-state index contributed by atoms with van der Waals surface area (Å²) in [6.45, 7) is 3.89. The van der Waals surface area contributed by atoms with Crippen LogP contribution in [0.2, 0.25) is 0 Å². The molecule has 3 heteroatoms. The number of hydrogen-bond donors (Lipinski definition) is 1. The molecule has 1 heterocycles. The fourth-order valence-corrected chi connectivity index (χ4v) is 1.86. The number of carbonyl (C=O) groups excluding carboxylic acids is 1. The zero-order valence-electron chi connectivity index (χ0n) is 8.94. The van der Waals surface area contributed by atoms with Crippen molar-refractivity contribution in [3.05, 3.63) is 46.7 Å².